The Labute approximate surface area is 137 Å². The number of rotatable bonds is 3. The van der Waals surface area contributed by atoms with E-state index < -0.39 is 10.8 Å². The molecule has 1 aliphatic rings. The number of H-pyrrole nitrogens is 1. The number of nitrogens with one attached hydrogen (secondary N) is 1. The van der Waals surface area contributed by atoms with Crippen LogP contribution in [0.1, 0.15) is 41.8 Å². The normalized spacial score (nSPS) is 16.9. The number of aryl methyl sites for hydroxylation is 2. The largest absolute Gasteiger partial charge is 0.331 e. The first-order valence-electron chi connectivity index (χ1n) is 8.05. The fourth-order valence-corrected chi connectivity index (χ4v) is 4.30. The zero-order valence-electron chi connectivity index (χ0n) is 13.1. The molecule has 118 valence electrons. The van der Waals surface area contributed by atoms with E-state index in [-0.39, 0.29) is 5.25 Å². The molecule has 1 aliphatic carbocycles. The molecule has 5 heteroatoms. The van der Waals surface area contributed by atoms with Gasteiger partial charge in [0.05, 0.1) is 32.8 Å². The molecular weight excluding hydrogens is 306 g/mol. The Bertz CT molecular complexity index is 830. The summed E-state index contributed by atoms with van der Waals surface area (Å²) in [6.07, 6.45) is 6.49. The number of aromatic amines is 1. The van der Waals surface area contributed by atoms with Gasteiger partial charge in [0.1, 0.15) is 0 Å². The predicted molar refractivity (Wildman–Crippen MR) is 91.8 cm³/mol. The molecule has 2 unspecified atom stereocenters. The lowest BCUT2D eigenvalue weighted by atomic mass is 9.91. The first kappa shape index (κ1) is 14.6. The lowest BCUT2D eigenvalue weighted by molar-refractivity contribution is 0.669. The first-order valence-corrected chi connectivity index (χ1v) is 9.27. The highest BCUT2D eigenvalue weighted by Gasteiger charge is 2.21. The summed E-state index contributed by atoms with van der Waals surface area (Å²) in [7, 11) is -1.24. The second-order valence-corrected chi connectivity index (χ2v) is 7.77. The average Bonchev–Trinajstić information content (AvgIpc) is 3.02. The molecule has 0 saturated carbocycles. The predicted octanol–water partition coefficient (Wildman–Crippen LogP) is 3.71. The van der Waals surface area contributed by atoms with Crippen molar-refractivity contribution in [2.75, 3.05) is 0 Å². The Hall–Kier alpha value is -2.01. The summed E-state index contributed by atoms with van der Waals surface area (Å²) >= 11 is 0. The van der Waals surface area contributed by atoms with Gasteiger partial charge in [0.25, 0.3) is 0 Å². The van der Waals surface area contributed by atoms with E-state index in [9.17, 15) is 4.21 Å². The van der Waals surface area contributed by atoms with Gasteiger partial charge in [0, 0.05) is 6.20 Å². The maximum atomic E-state index is 12.8. The van der Waals surface area contributed by atoms with Crippen molar-refractivity contribution in [3.8, 4) is 0 Å². The van der Waals surface area contributed by atoms with Gasteiger partial charge in [-0.05, 0) is 68.0 Å². The molecule has 2 heterocycles. The number of imidazole rings is 1. The molecule has 3 aromatic rings. The molecule has 0 spiro atoms. The minimum Gasteiger partial charge on any atom is -0.331 e. The smallest absolute Gasteiger partial charge is 0.198 e. The Balaban J connectivity index is 1.70. The number of hydrogen-bond acceptors (Lipinski definition) is 3. The summed E-state index contributed by atoms with van der Waals surface area (Å²) in [6, 6.07) is 10.0. The van der Waals surface area contributed by atoms with Crippen molar-refractivity contribution in [2.45, 2.75) is 43.0 Å². The highest BCUT2D eigenvalue weighted by molar-refractivity contribution is 7.85. The fourth-order valence-electron chi connectivity index (χ4n) is 3.21. The summed E-state index contributed by atoms with van der Waals surface area (Å²) < 4.78 is 12.8. The van der Waals surface area contributed by atoms with E-state index in [0.29, 0.717) is 5.16 Å². The van der Waals surface area contributed by atoms with Crippen LogP contribution in [0.15, 0.2) is 41.7 Å². The van der Waals surface area contributed by atoms with E-state index in [1.54, 1.807) is 6.20 Å². The molecule has 0 radical (unpaired) electrons. The number of benzene rings is 1. The molecule has 4 rings (SSSR count). The van der Waals surface area contributed by atoms with E-state index in [1.165, 1.54) is 24.0 Å². The van der Waals surface area contributed by atoms with E-state index >= 15 is 0 Å². The first-order chi connectivity index (χ1) is 11.2. The summed E-state index contributed by atoms with van der Waals surface area (Å²) in [6.45, 7) is 1.93. The molecule has 0 amide bonds. The summed E-state index contributed by atoms with van der Waals surface area (Å²) in [4.78, 5) is 12.1. The van der Waals surface area contributed by atoms with Crippen molar-refractivity contribution >= 4 is 21.8 Å². The van der Waals surface area contributed by atoms with Crippen LogP contribution >= 0.6 is 0 Å². The van der Waals surface area contributed by atoms with Gasteiger partial charge >= 0.3 is 0 Å². The number of hydrogen-bond donors (Lipinski definition) is 1. The molecule has 2 aromatic heterocycles. The third kappa shape index (κ3) is 2.70. The minimum absolute atomic E-state index is 0.189. The van der Waals surface area contributed by atoms with Crippen LogP contribution in [0.2, 0.25) is 0 Å². The highest BCUT2D eigenvalue weighted by atomic mass is 32.2. The summed E-state index contributed by atoms with van der Waals surface area (Å²) in [5, 5.41) is 0.354. The van der Waals surface area contributed by atoms with Gasteiger partial charge in [-0.1, -0.05) is 6.07 Å². The van der Waals surface area contributed by atoms with E-state index in [0.717, 1.165) is 29.6 Å². The van der Waals surface area contributed by atoms with Crippen LogP contribution in [0.4, 0.5) is 0 Å². The quantitative estimate of drug-likeness (QED) is 0.798. The molecule has 4 nitrogen and oxygen atoms in total. The topological polar surface area (TPSA) is 58.6 Å². The van der Waals surface area contributed by atoms with Crippen molar-refractivity contribution in [1.29, 1.82) is 0 Å². The Morgan fingerprint density at radius 3 is 2.70 bits per heavy atom. The van der Waals surface area contributed by atoms with Gasteiger partial charge in [-0.2, -0.15) is 0 Å². The van der Waals surface area contributed by atoms with Crippen molar-refractivity contribution in [3.63, 3.8) is 0 Å². The van der Waals surface area contributed by atoms with Crippen LogP contribution in [-0.2, 0) is 23.6 Å². The molecule has 0 bridgehead atoms. The molecular formula is C18H19N3OS. The van der Waals surface area contributed by atoms with Crippen LogP contribution in [0, 0.1) is 0 Å². The van der Waals surface area contributed by atoms with Gasteiger partial charge in [0.2, 0.25) is 0 Å². The van der Waals surface area contributed by atoms with E-state index in [4.69, 9.17) is 0 Å². The second kappa shape index (κ2) is 5.89. The maximum absolute atomic E-state index is 12.8. The third-order valence-electron chi connectivity index (χ3n) is 4.54. The van der Waals surface area contributed by atoms with Crippen LogP contribution in [0.25, 0.3) is 11.0 Å². The number of pyridine rings is 1. The average molecular weight is 325 g/mol. The van der Waals surface area contributed by atoms with E-state index in [2.05, 4.69) is 27.1 Å². The molecule has 1 N–H and O–H groups in total. The van der Waals surface area contributed by atoms with Gasteiger partial charge in [-0.15, -0.1) is 0 Å². The molecule has 2 atom stereocenters. The standard InChI is InChI=1S/C18H19N3OS/c1-12(15-8-4-5-9-19-15)23(22)18-20-16-10-13-6-2-3-7-14(13)11-17(16)21-18/h4-5,8-12H,2-3,6-7H2,1H3,(H,20,21). The van der Waals surface area contributed by atoms with Crippen molar-refractivity contribution in [3.05, 3.63) is 53.3 Å². The number of nitrogens with zero attached hydrogens (tertiary/aromatic N) is 2. The van der Waals surface area contributed by atoms with Crippen molar-refractivity contribution < 1.29 is 4.21 Å². The monoisotopic (exact) mass is 325 g/mol. The molecule has 23 heavy (non-hydrogen) atoms. The maximum Gasteiger partial charge on any atom is 0.198 e. The fraction of sp³-hybridized carbons (Fsp3) is 0.333. The van der Waals surface area contributed by atoms with Crippen LogP contribution in [0.3, 0.4) is 0 Å². The van der Waals surface area contributed by atoms with Gasteiger partial charge in [0.15, 0.2) is 5.16 Å². The van der Waals surface area contributed by atoms with Crippen LogP contribution in [0.5, 0.6) is 0 Å². The SMILES string of the molecule is CC(c1ccccn1)S(=O)c1nc2cc3c(cc2[nH]1)CCCC3. The van der Waals surface area contributed by atoms with E-state index in [1.807, 2.05) is 25.1 Å². The zero-order chi connectivity index (χ0) is 15.8. The Morgan fingerprint density at radius 2 is 1.96 bits per heavy atom. The van der Waals surface area contributed by atoms with Crippen molar-refractivity contribution in [1.82, 2.24) is 15.0 Å². The van der Waals surface area contributed by atoms with Crippen LogP contribution < -0.4 is 0 Å². The molecule has 0 saturated heterocycles. The van der Waals surface area contributed by atoms with Crippen LogP contribution in [-0.4, -0.2) is 19.2 Å². The van der Waals surface area contributed by atoms with Crippen molar-refractivity contribution in [2.24, 2.45) is 0 Å². The zero-order valence-corrected chi connectivity index (χ0v) is 13.9. The Morgan fingerprint density at radius 1 is 1.17 bits per heavy atom. The lowest BCUT2D eigenvalue weighted by Gasteiger charge is -2.14. The molecule has 1 aromatic carbocycles. The lowest BCUT2D eigenvalue weighted by Crippen LogP contribution is -2.06. The number of aromatic nitrogens is 3. The van der Waals surface area contributed by atoms with Gasteiger partial charge < -0.3 is 4.98 Å². The number of fused-ring (bicyclic) bond motifs is 2. The Kier molecular flexibility index (Phi) is 3.73. The minimum atomic E-state index is -1.24. The summed E-state index contributed by atoms with van der Waals surface area (Å²) in [5.41, 5.74) is 5.53. The van der Waals surface area contributed by atoms with Gasteiger partial charge in [-0.3, -0.25) is 9.19 Å². The molecule has 0 aliphatic heterocycles. The molecule has 0 fully saturated rings. The highest BCUT2D eigenvalue weighted by Crippen LogP contribution is 2.28. The van der Waals surface area contributed by atoms with Gasteiger partial charge in [-0.25, -0.2) is 4.98 Å². The summed E-state index contributed by atoms with van der Waals surface area (Å²) in [5.74, 6) is 0. The second-order valence-electron chi connectivity index (χ2n) is 6.08. The third-order valence-corrected chi connectivity index (χ3v) is 6.00.